The van der Waals surface area contributed by atoms with Crippen molar-refractivity contribution in [2.45, 2.75) is 19.3 Å². The fraction of sp³-hybridized carbons (Fsp3) is 0.375. The first kappa shape index (κ1) is 15.0. The molecule has 1 aromatic carbocycles. The number of methoxy groups -OCH3 is 1. The van der Waals surface area contributed by atoms with Crippen LogP contribution in [0.15, 0.2) is 23.6 Å². The molecule has 0 unspecified atom stereocenters. The summed E-state index contributed by atoms with van der Waals surface area (Å²) in [6.45, 7) is 1.56. The normalized spacial score (nSPS) is 14.6. The molecule has 116 valence electrons. The molecule has 1 aromatic heterocycles. The molecule has 2 heterocycles. The molecule has 1 aliphatic heterocycles. The molecule has 1 aliphatic rings. The summed E-state index contributed by atoms with van der Waals surface area (Å²) in [5, 5.41) is 2.88. The highest BCUT2D eigenvalue weighted by Crippen LogP contribution is 2.27. The number of hydrogen-bond donors (Lipinski definition) is 0. The van der Waals surface area contributed by atoms with Gasteiger partial charge in [0.2, 0.25) is 5.91 Å². The van der Waals surface area contributed by atoms with Gasteiger partial charge in [0.1, 0.15) is 0 Å². The monoisotopic (exact) mass is 320 g/mol. The molecule has 3 rings (SSSR count). The fourth-order valence-corrected chi connectivity index (χ4v) is 3.35. The average molecular weight is 320 g/mol. The molecule has 22 heavy (non-hydrogen) atoms. The van der Waals surface area contributed by atoms with Crippen molar-refractivity contribution in [2.24, 2.45) is 0 Å². The highest BCUT2D eigenvalue weighted by molar-refractivity contribution is 7.09. The lowest BCUT2D eigenvalue weighted by atomic mass is 10.1. The van der Waals surface area contributed by atoms with E-state index in [0.29, 0.717) is 13.0 Å². The Morgan fingerprint density at radius 3 is 3.00 bits per heavy atom. The Kier molecular flexibility index (Phi) is 4.38. The molecule has 0 bridgehead atoms. The maximum Gasteiger partial charge on any atom is 0.222 e. The van der Waals surface area contributed by atoms with Gasteiger partial charge in [0.25, 0.3) is 0 Å². The number of halogens is 1. The number of carbonyl (C=O) groups excluding carboxylic acids is 1. The molecule has 0 radical (unpaired) electrons. The van der Waals surface area contributed by atoms with Crippen molar-refractivity contribution in [3.8, 4) is 17.0 Å². The Morgan fingerprint density at radius 1 is 1.45 bits per heavy atom. The lowest BCUT2D eigenvalue weighted by Gasteiger charge is -2.13. The van der Waals surface area contributed by atoms with Gasteiger partial charge in [0.05, 0.1) is 17.8 Å². The molecule has 1 amide bonds. The summed E-state index contributed by atoms with van der Waals surface area (Å²) in [6, 6.07) is 4.83. The molecule has 0 aliphatic carbocycles. The molecule has 0 spiro atoms. The van der Waals surface area contributed by atoms with Crippen molar-refractivity contribution in [3.05, 3.63) is 34.4 Å². The zero-order valence-corrected chi connectivity index (χ0v) is 13.2. The van der Waals surface area contributed by atoms with E-state index in [1.807, 2.05) is 10.3 Å². The number of nitrogens with zero attached hydrogens (tertiary/aromatic N) is 2. The quantitative estimate of drug-likeness (QED) is 0.850. The van der Waals surface area contributed by atoms with E-state index in [9.17, 15) is 9.18 Å². The van der Waals surface area contributed by atoms with Crippen LogP contribution in [0.5, 0.6) is 5.75 Å². The van der Waals surface area contributed by atoms with Gasteiger partial charge >= 0.3 is 0 Å². The molecule has 1 fully saturated rings. The van der Waals surface area contributed by atoms with Crippen molar-refractivity contribution < 1.29 is 13.9 Å². The molecule has 0 N–H and O–H groups in total. The number of aromatic nitrogens is 1. The summed E-state index contributed by atoms with van der Waals surface area (Å²) in [5.74, 6) is 0.0676. The van der Waals surface area contributed by atoms with E-state index < -0.39 is 5.82 Å². The van der Waals surface area contributed by atoms with Crippen molar-refractivity contribution in [1.29, 1.82) is 0 Å². The Bertz CT molecular complexity index is 687. The number of hydrogen-bond acceptors (Lipinski definition) is 4. The van der Waals surface area contributed by atoms with Crippen molar-refractivity contribution in [3.63, 3.8) is 0 Å². The number of ether oxygens (including phenoxy) is 1. The summed E-state index contributed by atoms with van der Waals surface area (Å²) < 4.78 is 18.7. The molecular formula is C16H17FN2O2S. The topological polar surface area (TPSA) is 42.4 Å². The van der Waals surface area contributed by atoms with Gasteiger partial charge in [-0.1, -0.05) is 0 Å². The number of rotatable bonds is 5. The molecule has 1 saturated heterocycles. The van der Waals surface area contributed by atoms with Gasteiger partial charge in [-0.15, -0.1) is 11.3 Å². The first-order chi connectivity index (χ1) is 10.7. The smallest absolute Gasteiger partial charge is 0.222 e. The lowest BCUT2D eigenvalue weighted by molar-refractivity contribution is -0.127. The number of benzene rings is 1. The molecule has 0 atom stereocenters. The molecule has 0 saturated carbocycles. The minimum Gasteiger partial charge on any atom is -0.494 e. The predicted octanol–water partition coefficient (Wildman–Crippen LogP) is 3.12. The highest BCUT2D eigenvalue weighted by atomic mass is 32.1. The van der Waals surface area contributed by atoms with E-state index in [-0.39, 0.29) is 11.7 Å². The van der Waals surface area contributed by atoms with Crippen LogP contribution in [0.1, 0.15) is 17.8 Å². The minimum atomic E-state index is -0.391. The third-order valence-corrected chi connectivity index (χ3v) is 4.67. The Morgan fingerprint density at radius 2 is 2.32 bits per heavy atom. The summed E-state index contributed by atoms with van der Waals surface area (Å²) in [5.41, 5.74) is 1.49. The summed E-state index contributed by atoms with van der Waals surface area (Å²) in [6.07, 6.45) is 2.36. The Hall–Kier alpha value is -1.95. The molecular weight excluding hydrogens is 303 g/mol. The van der Waals surface area contributed by atoms with Gasteiger partial charge in [-0.3, -0.25) is 4.79 Å². The maximum absolute atomic E-state index is 13.7. The Labute approximate surface area is 132 Å². The van der Waals surface area contributed by atoms with Crippen molar-refractivity contribution in [1.82, 2.24) is 9.88 Å². The summed E-state index contributed by atoms with van der Waals surface area (Å²) in [4.78, 5) is 18.0. The first-order valence-corrected chi connectivity index (χ1v) is 8.11. The third-order valence-electron chi connectivity index (χ3n) is 3.77. The second-order valence-corrected chi connectivity index (χ2v) is 6.15. The second kappa shape index (κ2) is 6.44. The van der Waals surface area contributed by atoms with Crippen LogP contribution in [0, 0.1) is 5.82 Å². The number of amides is 1. The van der Waals surface area contributed by atoms with E-state index in [1.54, 1.807) is 23.5 Å². The summed E-state index contributed by atoms with van der Waals surface area (Å²) in [7, 11) is 1.44. The van der Waals surface area contributed by atoms with E-state index in [1.165, 1.54) is 13.2 Å². The average Bonchev–Trinajstić information content (AvgIpc) is 3.14. The van der Waals surface area contributed by atoms with E-state index in [0.717, 1.165) is 35.7 Å². The van der Waals surface area contributed by atoms with E-state index in [2.05, 4.69) is 4.98 Å². The zero-order valence-electron chi connectivity index (χ0n) is 12.3. The van der Waals surface area contributed by atoms with Crippen LogP contribution < -0.4 is 4.74 Å². The number of likely N-dealkylation sites (tertiary alicyclic amines) is 1. The largest absolute Gasteiger partial charge is 0.494 e. The molecule has 4 nitrogen and oxygen atoms in total. The fourth-order valence-electron chi connectivity index (χ4n) is 2.56. The van der Waals surface area contributed by atoms with Gasteiger partial charge in [-0.25, -0.2) is 9.37 Å². The predicted molar refractivity (Wildman–Crippen MR) is 83.6 cm³/mol. The van der Waals surface area contributed by atoms with Gasteiger partial charge in [-0.05, 0) is 24.6 Å². The third kappa shape index (κ3) is 3.11. The van der Waals surface area contributed by atoms with Gasteiger partial charge in [-0.2, -0.15) is 0 Å². The van der Waals surface area contributed by atoms with Crippen LogP contribution in [-0.2, 0) is 11.2 Å². The van der Waals surface area contributed by atoms with Crippen LogP contribution in [0.4, 0.5) is 4.39 Å². The second-order valence-electron chi connectivity index (χ2n) is 5.21. The number of thiazole rings is 1. The lowest BCUT2D eigenvalue weighted by Crippen LogP contribution is -2.26. The van der Waals surface area contributed by atoms with Gasteiger partial charge in [0, 0.05) is 36.9 Å². The maximum atomic E-state index is 13.7. The highest BCUT2D eigenvalue weighted by Gasteiger charge is 2.20. The first-order valence-electron chi connectivity index (χ1n) is 7.23. The Balaban J connectivity index is 1.68. The minimum absolute atomic E-state index is 0.228. The summed E-state index contributed by atoms with van der Waals surface area (Å²) >= 11 is 1.54. The van der Waals surface area contributed by atoms with Crippen molar-refractivity contribution >= 4 is 17.2 Å². The van der Waals surface area contributed by atoms with Crippen LogP contribution in [0.25, 0.3) is 11.3 Å². The standard InChI is InChI=1S/C16H17FN2O2S/c1-21-14-5-4-11(9-12(14)17)13-10-22-15(18-13)6-8-19-7-2-3-16(19)20/h4-5,9-10H,2-3,6-8H2,1H3. The van der Waals surface area contributed by atoms with Crippen LogP contribution in [-0.4, -0.2) is 36.0 Å². The van der Waals surface area contributed by atoms with E-state index in [4.69, 9.17) is 4.74 Å². The van der Waals surface area contributed by atoms with Crippen LogP contribution in [0.2, 0.25) is 0 Å². The molecule has 2 aromatic rings. The molecule has 6 heteroatoms. The van der Waals surface area contributed by atoms with Crippen LogP contribution >= 0.6 is 11.3 Å². The SMILES string of the molecule is COc1ccc(-c2csc(CCN3CCCC3=O)n2)cc1F. The zero-order chi connectivity index (χ0) is 15.5. The van der Waals surface area contributed by atoms with Crippen LogP contribution in [0.3, 0.4) is 0 Å². The van der Waals surface area contributed by atoms with Gasteiger partial charge < -0.3 is 9.64 Å². The van der Waals surface area contributed by atoms with E-state index >= 15 is 0 Å². The van der Waals surface area contributed by atoms with Crippen molar-refractivity contribution in [2.75, 3.05) is 20.2 Å². The number of carbonyl (C=O) groups is 1. The van der Waals surface area contributed by atoms with Gasteiger partial charge in [0.15, 0.2) is 11.6 Å².